The predicted octanol–water partition coefficient (Wildman–Crippen LogP) is 4.32. The number of amides is 1. The van der Waals surface area contributed by atoms with Gasteiger partial charge in [0, 0.05) is 12.3 Å². The van der Waals surface area contributed by atoms with Gasteiger partial charge in [0.25, 0.3) is 5.91 Å². The fourth-order valence-corrected chi connectivity index (χ4v) is 3.47. The zero-order valence-electron chi connectivity index (χ0n) is 14.8. The number of carbonyl (C=O) groups is 1. The predicted molar refractivity (Wildman–Crippen MR) is 93.0 cm³/mol. The van der Waals surface area contributed by atoms with Crippen LogP contribution in [0.5, 0.6) is 5.75 Å². The fraction of sp³-hybridized carbons (Fsp3) is 0.632. The van der Waals surface area contributed by atoms with Crippen LogP contribution in [0.1, 0.15) is 52.0 Å². The maximum Gasteiger partial charge on any atom is 0.256 e. The Balaban J connectivity index is 2.13. The van der Waals surface area contributed by atoms with E-state index in [2.05, 4.69) is 12.2 Å². The Hall–Kier alpha value is -1.55. The largest absolute Gasteiger partial charge is 0.494 e. The van der Waals surface area contributed by atoms with Crippen molar-refractivity contribution in [3.05, 3.63) is 23.8 Å². The number of carbonyl (C=O) groups excluding carboxylic acids is 1. The Bertz CT molecular complexity index is 539. The number of benzene rings is 1. The molecule has 0 aliphatic heterocycles. The normalized spacial score (nSPS) is 24.3. The topological polar surface area (TPSA) is 47.6 Å². The molecule has 0 radical (unpaired) electrons. The van der Waals surface area contributed by atoms with Crippen molar-refractivity contribution in [2.75, 3.05) is 18.5 Å². The van der Waals surface area contributed by atoms with E-state index in [0.29, 0.717) is 19.1 Å². The molecule has 1 aromatic rings. The highest BCUT2D eigenvalue weighted by Gasteiger charge is 2.42. The van der Waals surface area contributed by atoms with E-state index in [1.165, 1.54) is 6.42 Å². The molecular formula is C19H29NO3. The molecule has 1 N–H and O–H groups in total. The van der Waals surface area contributed by atoms with Gasteiger partial charge in [-0.15, -0.1) is 0 Å². The van der Waals surface area contributed by atoms with Crippen LogP contribution in [0.25, 0.3) is 0 Å². The van der Waals surface area contributed by atoms with E-state index >= 15 is 0 Å². The first-order valence-electron chi connectivity index (χ1n) is 8.69. The van der Waals surface area contributed by atoms with Crippen LogP contribution < -0.4 is 10.1 Å². The first kappa shape index (κ1) is 17.8. The lowest BCUT2D eigenvalue weighted by Crippen LogP contribution is -2.48. The number of nitrogens with one attached hydrogen (secondary N) is 1. The van der Waals surface area contributed by atoms with E-state index in [-0.39, 0.29) is 5.91 Å². The van der Waals surface area contributed by atoms with Gasteiger partial charge < -0.3 is 14.8 Å². The maximum atomic E-state index is 12.9. The third-order valence-corrected chi connectivity index (χ3v) is 4.52. The monoisotopic (exact) mass is 319 g/mol. The number of ether oxygens (including phenoxy) is 2. The zero-order valence-corrected chi connectivity index (χ0v) is 14.8. The Morgan fingerprint density at radius 2 is 2.13 bits per heavy atom. The summed E-state index contributed by atoms with van der Waals surface area (Å²) in [5.41, 5.74) is 1.14. The van der Waals surface area contributed by atoms with Gasteiger partial charge in [0.05, 0.1) is 6.61 Å². The summed E-state index contributed by atoms with van der Waals surface area (Å²) in [6.07, 6.45) is 3.80. The lowest BCUT2D eigenvalue weighted by molar-refractivity contribution is -0.147. The van der Waals surface area contributed by atoms with Crippen LogP contribution in [0.4, 0.5) is 5.69 Å². The minimum atomic E-state index is -0.682. The second kappa shape index (κ2) is 7.82. The van der Waals surface area contributed by atoms with Gasteiger partial charge in [-0.2, -0.15) is 0 Å². The van der Waals surface area contributed by atoms with Crippen molar-refractivity contribution in [2.45, 2.75) is 59.0 Å². The highest BCUT2D eigenvalue weighted by molar-refractivity contribution is 5.97. The average molecular weight is 319 g/mol. The molecule has 0 aromatic heterocycles. The van der Waals surface area contributed by atoms with Crippen LogP contribution in [0.3, 0.4) is 0 Å². The molecule has 4 heteroatoms. The number of aryl methyl sites for hydroxylation is 1. The van der Waals surface area contributed by atoms with Gasteiger partial charge in [-0.1, -0.05) is 13.3 Å². The molecule has 2 rings (SSSR count). The van der Waals surface area contributed by atoms with Gasteiger partial charge in [0.2, 0.25) is 0 Å². The molecule has 1 aromatic carbocycles. The smallest absolute Gasteiger partial charge is 0.256 e. The van der Waals surface area contributed by atoms with Crippen LogP contribution in [0.2, 0.25) is 0 Å². The van der Waals surface area contributed by atoms with Crippen LogP contribution in [0, 0.1) is 12.8 Å². The van der Waals surface area contributed by atoms with Gasteiger partial charge in [0.15, 0.2) is 0 Å². The van der Waals surface area contributed by atoms with Gasteiger partial charge in [-0.25, -0.2) is 0 Å². The quantitative estimate of drug-likeness (QED) is 0.849. The molecular weight excluding hydrogens is 290 g/mol. The number of anilines is 1. The first-order chi connectivity index (χ1) is 11.0. The molecule has 0 unspecified atom stereocenters. The summed E-state index contributed by atoms with van der Waals surface area (Å²) in [6, 6.07) is 5.75. The van der Waals surface area contributed by atoms with Crippen molar-refractivity contribution in [3.8, 4) is 5.75 Å². The zero-order chi connectivity index (χ0) is 16.9. The van der Waals surface area contributed by atoms with E-state index in [4.69, 9.17) is 9.47 Å². The summed E-state index contributed by atoms with van der Waals surface area (Å²) in [7, 11) is 0. The lowest BCUT2D eigenvalue weighted by atomic mass is 9.78. The summed E-state index contributed by atoms with van der Waals surface area (Å²) < 4.78 is 11.5. The minimum absolute atomic E-state index is 0.0190. The van der Waals surface area contributed by atoms with Gasteiger partial charge in [0.1, 0.15) is 11.4 Å². The standard InChI is InChI=1S/C19H29NO3/c1-5-22-17-10-9-16(12-15(17)4)20-18(21)19(23-6-2)11-7-8-14(3)13-19/h9-10,12,14H,5-8,11,13H2,1-4H3,(H,20,21)/t14-,19-/m0/s1. The van der Waals surface area contributed by atoms with E-state index in [0.717, 1.165) is 36.3 Å². The average Bonchev–Trinajstić information content (AvgIpc) is 2.50. The molecule has 2 atom stereocenters. The molecule has 0 bridgehead atoms. The maximum absolute atomic E-state index is 12.9. The van der Waals surface area contributed by atoms with Crippen molar-refractivity contribution in [3.63, 3.8) is 0 Å². The first-order valence-corrected chi connectivity index (χ1v) is 8.69. The van der Waals surface area contributed by atoms with Crippen molar-refractivity contribution < 1.29 is 14.3 Å². The molecule has 0 heterocycles. The Kier molecular flexibility index (Phi) is 6.05. The second-order valence-electron chi connectivity index (χ2n) is 6.50. The van der Waals surface area contributed by atoms with Gasteiger partial charge in [-0.3, -0.25) is 4.79 Å². The molecule has 23 heavy (non-hydrogen) atoms. The molecule has 1 saturated carbocycles. The Morgan fingerprint density at radius 1 is 1.35 bits per heavy atom. The summed E-state index contributed by atoms with van der Waals surface area (Å²) in [5, 5.41) is 3.05. The number of hydrogen-bond donors (Lipinski definition) is 1. The molecule has 1 amide bonds. The SMILES string of the molecule is CCOc1ccc(NC(=O)[C@]2(OCC)CCC[C@H](C)C2)cc1C. The summed E-state index contributed by atoms with van der Waals surface area (Å²) in [4.78, 5) is 12.9. The minimum Gasteiger partial charge on any atom is -0.494 e. The van der Waals surface area contributed by atoms with Crippen LogP contribution in [0.15, 0.2) is 18.2 Å². The van der Waals surface area contributed by atoms with Crippen molar-refractivity contribution >= 4 is 11.6 Å². The van der Waals surface area contributed by atoms with Gasteiger partial charge in [-0.05, 0) is 69.7 Å². The van der Waals surface area contributed by atoms with Crippen molar-refractivity contribution in [1.29, 1.82) is 0 Å². The molecule has 0 saturated heterocycles. The molecule has 1 aliphatic carbocycles. The van der Waals surface area contributed by atoms with E-state index in [1.807, 2.05) is 39.0 Å². The second-order valence-corrected chi connectivity index (χ2v) is 6.50. The molecule has 1 fully saturated rings. The Morgan fingerprint density at radius 3 is 2.74 bits per heavy atom. The number of hydrogen-bond acceptors (Lipinski definition) is 3. The van der Waals surface area contributed by atoms with E-state index in [1.54, 1.807) is 0 Å². The lowest BCUT2D eigenvalue weighted by Gasteiger charge is -2.38. The summed E-state index contributed by atoms with van der Waals surface area (Å²) in [5.74, 6) is 1.36. The highest BCUT2D eigenvalue weighted by atomic mass is 16.5. The van der Waals surface area contributed by atoms with E-state index < -0.39 is 5.60 Å². The Labute approximate surface area is 139 Å². The number of rotatable bonds is 6. The third-order valence-electron chi connectivity index (χ3n) is 4.52. The van der Waals surface area contributed by atoms with Gasteiger partial charge >= 0.3 is 0 Å². The molecule has 1 aliphatic rings. The third kappa shape index (κ3) is 4.25. The van der Waals surface area contributed by atoms with Crippen LogP contribution in [-0.4, -0.2) is 24.7 Å². The molecule has 0 spiro atoms. The molecule has 4 nitrogen and oxygen atoms in total. The summed E-state index contributed by atoms with van der Waals surface area (Å²) >= 11 is 0. The van der Waals surface area contributed by atoms with Crippen molar-refractivity contribution in [1.82, 2.24) is 0 Å². The van der Waals surface area contributed by atoms with E-state index in [9.17, 15) is 4.79 Å². The molecule has 128 valence electrons. The summed E-state index contributed by atoms with van der Waals surface area (Å²) in [6.45, 7) is 9.30. The van der Waals surface area contributed by atoms with Crippen molar-refractivity contribution in [2.24, 2.45) is 5.92 Å². The van der Waals surface area contributed by atoms with Crippen LogP contribution in [-0.2, 0) is 9.53 Å². The highest BCUT2D eigenvalue weighted by Crippen LogP contribution is 2.36. The fourth-order valence-electron chi connectivity index (χ4n) is 3.47. The van der Waals surface area contributed by atoms with Crippen LogP contribution >= 0.6 is 0 Å².